The SMILES string of the molecule is C[C@H](C(=O)O)N1CCN(C(=O)c2c(F)cccc2Cl)CC1. The van der Waals surface area contributed by atoms with Crippen LogP contribution in [-0.4, -0.2) is 59.0 Å². The van der Waals surface area contributed by atoms with Crippen molar-refractivity contribution in [3.8, 4) is 0 Å². The quantitative estimate of drug-likeness (QED) is 0.922. The van der Waals surface area contributed by atoms with Gasteiger partial charge in [0.15, 0.2) is 0 Å². The van der Waals surface area contributed by atoms with Crippen molar-refractivity contribution < 1.29 is 19.1 Å². The Morgan fingerprint density at radius 1 is 1.29 bits per heavy atom. The molecule has 0 bridgehead atoms. The van der Waals surface area contributed by atoms with E-state index in [0.29, 0.717) is 26.2 Å². The fraction of sp³-hybridized carbons (Fsp3) is 0.429. The van der Waals surface area contributed by atoms with Gasteiger partial charge in [0, 0.05) is 26.2 Å². The highest BCUT2D eigenvalue weighted by molar-refractivity contribution is 6.33. The third-order valence-corrected chi connectivity index (χ3v) is 4.00. The number of piperazine rings is 1. The minimum Gasteiger partial charge on any atom is -0.480 e. The topological polar surface area (TPSA) is 60.9 Å². The Morgan fingerprint density at radius 2 is 1.90 bits per heavy atom. The van der Waals surface area contributed by atoms with Crippen LogP contribution < -0.4 is 0 Å². The minimum absolute atomic E-state index is 0.0846. The Bertz CT molecular complexity index is 539. The number of carboxylic acid groups (broad SMARTS) is 1. The highest BCUT2D eigenvalue weighted by Crippen LogP contribution is 2.21. The van der Waals surface area contributed by atoms with E-state index in [0.717, 1.165) is 0 Å². The summed E-state index contributed by atoms with van der Waals surface area (Å²) >= 11 is 5.89. The van der Waals surface area contributed by atoms with Crippen molar-refractivity contribution in [2.75, 3.05) is 26.2 Å². The van der Waals surface area contributed by atoms with Crippen molar-refractivity contribution in [2.24, 2.45) is 0 Å². The molecule has 1 atom stereocenters. The molecule has 0 aromatic heterocycles. The number of benzene rings is 1. The van der Waals surface area contributed by atoms with Crippen LogP contribution in [-0.2, 0) is 4.79 Å². The Morgan fingerprint density at radius 3 is 2.43 bits per heavy atom. The summed E-state index contributed by atoms with van der Waals surface area (Å²) < 4.78 is 13.7. The van der Waals surface area contributed by atoms with Gasteiger partial charge in [-0.15, -0.1) is 0 Å². The van der Waals surface area contributed by atoms with Gasteiger partial charge in [0.1, 0.15) is 11.9 Å². The van der Waals surface area contributed by atoms with Crippen molar-refractivity contribution in [2.45, 2.75) is 13.0 Å². The molecule has 1 saturated heterocycles. The largest absolute Gasteiger partial charge is 0.480 e. The number of aliphatic carboxylic acids is 1. The van der Waals surface area contributed by atoms with Crippen molar-refractivity contribution in [1.82, 2.24) is 9.80 Å². The molecule has 0 radical (unpaired) electrons. The van der Waals surface area contributed by atoms with Crippen LogP contribution in [0.2, 0.25) is 5.02 Å². The molecule has 1 aliphatic heterocycles. The van der Waals surface area contributed by atoms with E-state index >= 15 is 0 Å². The standard InChI is InChI=1S/C14H16ClFN2O3/c1-9(14(20)21)17-5-7-18(8-6-17)13(19)12-10(15)3-2-4-11(12)16/h2-4,9H,5-8H2,1H3,(H,20,21)/t9-/m1/s1. The minimum atomic E-state index is -0.896. The lowest BCUT2D eigenvalue weighted by molar-refractivity contribution is -0.143. The van der Waals surface area contributed by atoms with Gasteiger partial charge in [-0.2, -0.15) is 0 Å². The van der Waals surface area contributed by atoms with E-state index in [1.807, 2.05) is 0 Å². The lowest BCUT2D eigenvalue weighted by atomic mass is 10.1. The number of hydrogen-bond donors (Lipinski definition) is 1. The van der Waals surface area contributed by atoms with E-state index < -0.39 is 23.7 Å². The monoisotopic (exact) mass is 314 g/mol. The van der Waals surface area contributed by atoms with E-state index in [2.05, 4.69) is 0 Å². The summed E-state index contributed by atoms with van der Waals surface area (Å²) in [5.41, 5.74) is -0.126. The van der Waals surface area contributed by atoms with Crippen LogP contribution in [0.5, 0.6) is 0 Å². The van der Waals surface area contributed by atoms with Gasteiger partial charge in [-0.05, 0) is 19.1 Å². The van der Waals surface area contributed by atoms with Gasteiger partial charge in [0.25, 0.3) is 5.91 Å². The van der Waals surface area contributed by atoms with E-state index in [9.17, 15) is 14.0 Å². The van der Waals surface area contributed by atoms with E-state index in [1.165, 1.54) is 23.1 Å². The molecule has 114 valence electrons. The number of hydrogen-bond acceptors (Lipinski definition) is 3. The third kappa shape index (κ3) is 3.33. The van der Waals surface area contributed by atoms with Gasteiger partial charge in [-0.3, -0.25) is 14.5 Å². The number of halogens is 2. The number of rotatable bonds is 3. The van der Waals surface area contributed by atoms with Crippen molar-refractivity contribution in [3.05, 3.63) is 34.6 Å². The molecule has 0 spiro atoms. The number of amides is 1. The molecular weight excluding hydrogens is 299 g/mol. The average Bonchev–Trinajstić information content (AvgIpc) is 2.46. The number of carboxylic acids is 1. The smallest absolute Gasteiger partial charge is 0.320 e. The second-order valence-electron chi connectivity index (χ2n) is 4.94. The molecular formula is C14H16ClFN2O3. The van der Waals surface area contributed by atoms with Crippen LogP contribution in [0.4, 0.5) is 4.39 Å². The molecule has 1 fully saturated rings. The number of carbonyl (C=O) groups excluding carboxylic acids is 1. The van der Waals surface area contributed by atoms with Crippen LogP contribution in [0, 0.1) is 5.82 Å². The molecule has 1 heterocycles. The predicted molar refractivity (Wildman–Crippen MR) is 76.0 cm³/mol. The summed E-state index contributed by atoms with van der Waals surface area (Å²) in [4.78, 5) is 26.5. The van der Waals surface area contributed by atoms with E-state index in [4.69, 9.17) is 16.7 Å². The van der Waals surface area contributed by atoms with Gasteiger partial charge < -0.3 is 10.0 Å². The zero-order chi connectivity index (χ0) is 15.6. The van der Waals surface area contributed by atoms with Crippen LogP contribution in [0.3, 0.4) is 0 Å². The van der Waals surface area contributed by atoms with Crippen LogP contribution in [0.25, 0.3) is 0 Å². The van der Waals surface area contributed by atoms with E-state index in [1.54, 1.807) is 11.8 Å². The maximum atomic E-state index is 13.7. The van der Waals surface area contributed by atoms with Crippen molar-refractivity contribution in [1.29, 1.82) is 0 Å². The summed E-state index contributed by atoms with van der Waals surface area (Å²) in [6, 6.07) is 3.52. The Balaban J connectivity index is 2.06. The molecule has 1 amide bonds. The molecule has 1 aromatic rings. The molecule has 7 heteroatoms. The molecule has 2 rings (SSSR count). The van der Waals surface area contributed by atoms with Gasteiger partial charge in [-0.1, -0.05) is 17.7 Å². The normalized spacial score (nSPS) is 17.6. The molecule has 0 aliphatic carbocycles. The van der Waals surface area contributed by atoms with Gasteiger partial charge in [-0.25, -0.2) is 4.39 Å². The van der Waals surface area contributed by atoms with Gasteiger partial charge in [0.2, 0.25) is 0 Å². The molecule has 1 aromatic carbocycles. The predicted octanol–water partition coefficient (Wildman–Crippen LogP) is 1.71. The summed E-state index contributed by atoms with van der Waals surface area (Å²) in [6.45, 7) is 3.17. The lowest BCUT2D eigenvalue weighted by Gasteiger charge is -2.36. The first-order valence-corrected chi connectivity index (χ1v) is 6.99. The molecule has 5 nitrogen and oxygen atoms in total. The van der Waals surface area contributed by atoms with Gasteiger partial charge >= 0.3 is 5.97 Å². The first kappa shape index (κ1) is 15.7. The first-order chi connectivity index (χ1) is 9.91. The maximum absolute atomic E-state index is 13.7. The van der Waals surface area contributed by atoms with E-state index in [-0.39, 0.29) is 10.6 Å². The Labute approximate surface area is 126 Å². The highest BCUT2D eigenvalue weighted by Gasteiger charge is 2.29. The number of nitrogens with zero attached hydrogens (tertiary/aromatic N) is 2. The summed E-state index contributed by atoms with van der Waals surface area (Å²) in [5, 5.41) is 9.06. The number of carbonyl (C=O) groups is 2. The molecule has 1 aliphatic rings. The summed E-state index contributed by atoms with van der Waals surface area (Å²) in [7, 11) is 0. The second kappa shape index (κ2) is 6.41. The maximum Gasteiger partial charge on any atom is 0.320 e. The summed E-state index contributed by atoms with van der Waals surface area (Å²) in [6.07, 6.45) is 0. The Kier molecular flexibility index (Phi) is 4.80. The van der Waals surface area contributed by atoms with Crippen LogP contribution in [0.1, 0.15) is 17.3 Å². The zero-order valence-corrected chi connectivity index (χ0v) is 12.3. The Hall–Kier alpha value is -1.66. The highest BCUT2D eigenvalue weighted by atomic mass is 35.5. The molecule has 1 N–H and O–H groups in total. The summed E-state index contributed by atoms with van der Waals surface area (Å²) in [5.74, 6) is -2.00. The van der Waals surface area contributed by atoms with Crippen LogP contribution >= 0.6 is 11.6 Å². The molecule has 0 saturated carbocycles. The molecule has 0 unspecified atom stereocenters. The fourth-order valence-corrected chi connectivity index (χ4v) is 2.57. The van der Waals surface area contributed by atoms with Crippen molar-refractivity contribution >= 4 is 23.5 Å². The zero-order valence-electron chi connectivity index (χ0n) is 11.6. The fourth-order valence-electron chi connectivity index (χ4n) is 2.33. The van der Waals surface area contributed by atoms with Crippen LogP contribution in [0.15, 0.2) is 18.2 Å². The van der Waals surface area contributed by atoms with Gasteiger partial charge in [0.05, 0.1) is 10.6 Å². The first-order valence-electron chi connectivity index (χ1n) is 6.62. The average molecular weight is 315 g/mol. The van der Waals surface area contributed by atoms with Crippen molar-refractivity contribution in [3.63, 3.8) is 0 Å². The molecule has 21 heavy (non-hydrogen) atoms. The second-order valence-corrected chi connectivity index (χ2v) is 5.35. The lowest BCUT2D eigenvalue weighted by Crippen LogP contribution is -2.53. The third-order valence-electron chi connectivity index (χ3n) is 3.68.